The predicted octanol–water partition coefficient (Wildman–Crippen LogP) is 2.22. The average molecular weight is 340 g/mol. The van der Waals surface area contributed by atoms with Gasteiger partial charge in [0.1, 0.15) is 5.82 Å². The number of anilines is 2. The van der Waals surface area contributed by atoms with Gasteiger partial charge in [0, 0.05) is 10.7 Å². The topological polar surface area (TPSA) is 92.9 Å². The number of nitrogens with two attached hydrogens (primary N) is 1. The summed E-state index contributed by atoms with van der Waals surface area (Å²) in [4.78, 5) is 19.8. The highest BCUT2D eigenvalue weighted by molar-refractivity contribution is 9.10. The Balaban J connectivity index is 2.26. The zero-order valence-electron chi connectivity index (χ0n) is 10.4. The molecule has 1 amide bonds. The largest absolute Gasteiger partial charge is 0.306 e. The van der Waals surface area contributed by atoms with Gasteiger partial charge in [0.2, 0.25) is 0 Å². The van der Waals surface area contributed by atoms with Crippen molar-refractivity contribution in [2.45, 2.75) is 6.92 Å². The first-order chi connectivity index (χ1) is 9.52. The monoisotopic (exact) mass is 339 g/mol. The third-order valence-electron chi connectivity index (χ3n) is 2.53. The molecule has 0 saturated heterocycles. The smallest absolute Gasteiger partial charge is 0.259 e. The van der Waals surface area contributed by atoms with Gasteiger partial charge < -0.3 is 10.7 Å². The molecule has 2 heterocycles. The van der Waals surface area contributed by atoms with E-state index in [0.717, 1.165) is 4.47 Å². The number of carbonyl (C=O) groups excluding carboxylic acids is 1. The Hall–Kier alpha value is -2.06. The Morgan fingerprint density at radius 1 is 1.40 bits per heavy atom. The minimum absolute atomic E-state index is 0.171. The number of amides is 1. The Morgan fingerprint density at radius 3 is 2.80 bits per heavy atom. The minimum atomic E-state index is -0.818. The molecule has 8 heteroatoms. The van der Waals surface area contributed by atoms with Crippen LogP contribution < -0.4 is 16.6 Å². The van der Waals surface area contributed by atoms with E-state index in [-0.39, 0.29) is 11.4 Å². The number of aryl methyl sites for hydroxylation is 1. The zero-order chi connectivity index (χ0) is 14.7. The van der Waals surface area contributed by atoms with E-state index < -0.39 is 11.7 Å². The van der Waals surface area contributed by atoms with Gasteiger partial charge >= 0.3 is 0 Å². The molecule has 0 aliphatic carbocycles. The van der Waals surface area contributed by atoms with Crippen LogP contribution in [0.2, 0.25) is 0 Å². The molecule has 20 heavy (non-hydrogen) atoms. The van der Waals surface area contributed by atoms with Crippen LogP contribution >= 0.6 is 15.9 Å². The van der Waals surface area contributed by atoms with Crippen LogP contribution in [-0.2, 0) is 0 Å². The molecule has 2 aromatic rings. The lowest BCUT2D eigenvalue weighted by Gasteiger charge is -2.08. The van der Waals surface area contributed by atoms with Crippen molar-refractivity contribution in [2.24, 2.45) is 5.84 Å². The summed E-state index contributed by atoms with van der Waals surface area (Å²) in [5.74, 6) is 3.79. The van der Waals surface area contributed by atoms with Gasteiger partial charge in [0.05, 0.1) is 11.3 Å². The number of hydrazine groups is 1. The summed E-state index contributed by atoms with van der Waals surface area (Å²) in [5.41, 5.74) is 2.62. The summed E-state index contributed by atoms with van der Waals surface area (Å²) in [6, 6.07) is 4.61. The molecule has 0 saturated carbocycles. The highest BCUT2D eigenvalue weighted by Gasteiger charge is 2.16. The Labute approximate surface area is 122 Å². The van der Waals surface area contributed by atoms with Crippen molar-refractivity contribution in [1.29, 1.82) is 0 Å². The average Bonchev–Trinajstić information content (AvgIpc) is 2.43. The summed E-state index contributed by atoms with van der Waals surface area (Å²) in [6.07, 6.45) is 1.29. The van der Waals surface area contributed by atoms with Gasteiger partial charge in [-0.3, -0.25) is 4.79 Å². The van der Waals surface area contributed by atoms with Crippen molar-refractivity contribution in [1.82, 2.24) is 9.97 Å². The third kappa shape index (κ3) is 2.91. The van der Waals surface area contributed by atoms with Crippen LogP contribution in [0.1, 0.15) is 16.1 Å². The summed E-state index contributed by atoms with van der Waals surface area (Å²) in [6.45, 7) is 1.78. The van der Waals surface area contributed by atoms with Gasteiger partial charge in [-0.05, 0) is 41.1 Å². The first kappa shape index (κ1) is 14.4. The molecule has 0 spiro atoms. The van der Waals surface area contributed by atoms with Crippen LogP contribution in [0.15, 0.2) is 28.9 Å². The number of nitrogen functional groups attached to an aromatic ring is 1. The van der Waals surface area contributed by atoms with E-state index in [1.165, 1.54) is 12.3 Å². The van der Waals surface area contributed by atoms with Gasteiger partial charge in [0.15, 0.2) is 11.6 Å². The van der Waals surface area contributed by atoms with Crippen molar-refractivity contribution in [3.8, 4) is 0 Å². The van der Waals surface area contributed by atoms with E-state index in [9.17, 15) is 9.18 Å². The zero-order valence-corrected chi connectivity index (χ0v) is 12.0. The fourth-order valence-corrected chi connectivity index (χ4v) is 1.74. The van der Waals surface area contributed by atoms with E-state index in [0.29, 0.717) is 11.5 Å². The summed E-state index contributed by atoms with van der Waals surface area (Å²) in [7, 11) is 0. The number of nitrogens with one attached hydrogen (secondary N) is 2. The predicted molar refractivity (Wildman–Crippen MR) is 76.6 cm³/mol. The van der Waals surface area contributed by atoms with E-state index in [1.54, 1.807) is 19.1 Å². The molecule has 0 fully saturated rings. The van der Waals surface area contributed by atoms with E-state index in [1.807, 2.05) is 0 Å². The molecule has 0 radical (unpaired) electrons. The van der Waals surface area contributed by atoms with Gasteiger partial charge in [-0.15, -0.1) is 0 Å². The first-order valence-electron chi connectivity index (χ1n) is 5.58. The molecule has 0 atom stereocenters. The second kappa shape index (κ2) is 5.93. The molecule has 0 bridgehead atoms. The normalized spacial score (nSPS) is 10.2. The maximum Gasteiger partial charge on any atom is 0.259 e. The first-order valence-corrected chi connectivity index (χ1v) is 6.38. The standard InChI is InChI=1S/C12H11BrFN5O/c1-6-8(13)2-3-9(17-6)18-12(20)7-4-5-16-11(19-15)10(7)14/h2-5H,15H2,1H3,(H,16,19)(H,17,18,20). The number of pyridine rings is 2. The van der Waals surface area contributed by atoms with E-state index in [2.05, 4.69) is 36.6 Å². The van der Waals surface area contributed by atoms with Gasteiger partial charge in [-0.25, -0.2) is 20.2 Å². The van der Waals surface area contributed by atoms with Crippen LogP contribution in [-0.4, -0.2) is 15.9 Å². The van der Waals surface area contributed by atoms with Crippen molar-refractivity contribution in [2.75, 3.05) is 10.7 Å². The number of aromatic nitrogens is 2. The number of hydrogen-bond acceptors (Lipinski definition) is 5. The van der Waals surface area contributed by atoms with Gasteiger partial charge in [-0.2, -0.15) is 0 Å². The summed E-state index contributed by atoms with van der Waals surface area (Å²) >= 11 is 3.31. The van der Waals surface area contributed by atoms with Crippen molar-refractivity contribution in [3.63, 3.8) is 0 Å². The van der Waals surface area contributed by atoms with Crippen LogP contribution in [0.5, 0.6) is 0 Å². The van der Waals surface area contributed by atoms with Crippen LogP contribution in [0.3, 0.4) is 0 Å². The molecule has 4 N–H and O–H groups in total. The Bertz CT molecular complexity index is 664. The minimum Gasteiger partial charge on any atom is -0.306 e. The molecular formula is C12H11BrFN5O. The molecule has 0 aliphatic heterocycles. The molecule has 0 aromatic carbocycles. The quantitative estimate of drug-likeness (QED) is 0.589. The fraction of sp³-hybridized carbons (Fsp3) is 0.0833. The Morgan fingerprint density at radius 2 is 2.15 bits per heavy atom. The number of carbonyl (C=O) groups is 1. The van der Waals surface area contributed by atoms with E-state index >= 15 is 0 Å². The lowest BCUT2D eigenvalue weighted by Crippen LogP contribution is -2.18. The molecule has 0 unspecified atom stereocenters. The lowest BCUT2D eigenvalue weighted by atomic mass is 10.2. The second-order valence-electron chi connectivity index (χ2n) is 3.88. The van der Waals surface area contributed by atoms with E-state index in [4.69, 9.17) is 5.84 Å². The molecule has 2 rings (SSSR count). The van der Waals surface area contributed by atoms with Crippen molar-refractivity contribution < 1.29 is 9.18 Å². The number of halogens is 2. The Kier molecular flexibility index (Phi) is 4.26. The number of hydrogen-bond donors (Lipinski definition) is 3. The van der Waals surface area contributed by atoms with Gasteiger partial charge in [0.25, 0.3) is 5.91 Å². The van der Waals surface area contributed by atoms with Crippen molar-refractivity contribution >= 4 is 33.5 Å². The molecule has 6 nitrogen and oxygen atoms in total. The molecule has 104 valence electrons. The third-order valence-corrected chi connectivity index (χ3v) is 3.37. The second-order valence-corrected chi connectivity index (χ2v) is 4.74. The fourth-order valence-electron chi connectivity index (χ4n) is 1.52. The van der Waals surface area contributed by atoms with Crippen molar-refractivity contribution in [3.05, 3.63) is 45.9 Å². The van der Waals surface area contributed by atoms with Crippen LogP contribution in [0.25, 0.3) is 0 Å². The summed E-state index contributed by atoms with van der Waals surface area (Å²) < 4.78 is 14.7. The maximum atomic E-state index is 13.9. The SMILES string of the molecule is Cc1nc(NC(=O)c2ccnc(NN)c2F)ccc1Br. The van der Waals surface area contributed by atoms with Crippen LogP contribution in [0.4, 0.5) is 16.0 Å². The van der Waals surface area contributed by atoms with Gasteiger partial charge in [-0.1, -0.05) is 0 Å². The highest BCUT2D eigenvalue weighted by Crippen LogP contribution is 2.18. The summed E-state index contributed by atoms with van der Waals surface area (Å²) in [5, 5.41) is 2.51. The van der Waals surface area contributed by atoms with Crippen LogP contribution in [0, 0.1) is 12.7 Å². The molecule has 0 aliphatic rings. The highest BCUT2D eigenvalue weighted by atomic mass is 79.9. The lowest BCUT2D eigenvalue weighted by molar-refractivity contribution is 0.102. The maximum absolute atomic E-state index is 13.9. The number of nitrogens with zero attached hydrogens (tertiary/aromatic N) is 2. The molecule has 2 aromatic heterocycles. The number of rotatable bonds is 3. The molecular weight excluding hydrogens is 329 g/mol.